The number of benzene rings is 2. The number of nitrogen functional groups attached to an aromatic ring is 1. The molecule has 0 bridgehead atoms. The van der Waals surface area contributed by atoms with Crippen molar-refractivity contribution in [3.63, 3.8) is 0 Å². The van der Waals surface area contributed by atoms with E-state index in [1.807, 2.05) is 18.2 Å². The molecule has 0 unspecified atom stereocenters. The zero-order valence-electron chi connectivity index (χ0n) is 18.9. The number of pyridine rings is 1. The molecule has 0 spiro atoms. The molecular formula is C26H24F2N6O. The summed E-state index contributed by atoms with van der Waals surface area (Å²) in [6.07, 6.45) is 1.50. The average molecular weight is 475 g/mol. The van der Waals surface area contributed by atoms with Crippen molar-refractivity contribution < 1.29 is 13.6 Å². The van der Waals surface area contributed by atoms with Crippen molar-refractivity contribution in [3.8, 4) is 0 Å². The molecule has 2 aromatic carbocycles. The summed E-state index contributed by atoms with van der Waals surface area (Å²) in [5.74, 6) is -0.904. The van der Waals surface area contributed by atoms with Gasteiger partial charge < -0.3 is 15.5 Å². The first-order valence-corrected chi connectivity index (χ1v) is 11.6. The van der Waals surface area contributed by atoms with E-state index in [2.05, 4.69) is 22.0 Å². The van der Waals surface area contributed by atoms with Gasteiger partial charge in [0.15, 0.2) is 0 Å². The van der Waals surface area contributed by atoms with Gasteiger partial charge >= 0.3 is 0 Å². The number of aromatic nitrogens is 3. The molecule has 178 valence electrons. The van der Waals surface area contributed by atoms with E-state index in [-0.39, 0.29) is 17.6 Å². The van der Waals surface area contributed by atoms with Crippen molar-refractivity contribution in [1.29, 1.82) is 0 Å². The van der Waals surface area contributed by atoms with Gasteiger partial charge in [0.05, 0.1) is 16.6 Å². The molecule has 1 amide bonds. The second-order valence-electron chi connectivity index (χ2n) is 9.33. The Morgan fingerprint density at radius 3 is 2.54 bits per heavy atom. The minimum absolute atomic E-state index is 0.121. The van der Waals surface area contributed by atoms with Crippen LogP contribution in [0, 0.1) is 17.6 Å². The number of fused-ring (bicyclic) bond motifs is 1. The molecule has 9 heteroatoms. The number of para-hydroxylation sites is 1. The van der Waals surface area contributed by atoms with Gasteiger partial charge in [0.25, 0.3) is 5.91 Å². The van der Waals surface area contributed by atoms with Crippen molar-refractivity contribution in [2.75, 3.05) is 36.8 Å². The quantitative estimate of drug-likeness (QED) is 0.478. The number of carbonyl (C=O) groups is 1. The zero-order chi connectivity index (χ0) is 24.1. The highest BCUT2D eigenvalue weighted by Crippen LogP contribution is 2.35. The lowest BCUT2D eigenvalue weighted by molar-refractivity contribution is 0.0599. The summed E-state index contributed by atoms with van der Waals surface area (Å²) in [6.45, 7) is 3.12. The lowest BCUT2D eigenvalue weighted by Gasteiger charge is -2.41. The number of likely N-dealkylation sites (tertiary alicyclic amines) is 1. The summed E-state index contributed by atoms with van der Waals surface area (Å²) in [6, 6.07) is 15.6. The van der Waals surface area contributed by atoms with E-state index in [1.54, 1.807) is 21.7 Å². The molecule has 6 rings (SSSR count). The average Bonchev–Trinajstić information content (AvgIpc) is 3.13. The molecule has 0 atom stereocenters. The number of carbonyl (C=O) groups excluding carboxylic acids is 1. The molecule has 2 saturated heterocycles. The van der Waals surface area contributed by atoms with Crippen molar-refractivity contribution >= 4 is 28.3 Å². The normalized spacial score (nSPS) is 16.4. The Kier molecular flexibility index (Phi) is 5.12. The highest BCUT2D eigenvalue weighted by Gasteiger charge is 2.37. The molecule has 7 nitrogen and oxygen atoms in total. The van der Waals surface area contributed by atoms with Crippen LogP contribution in [0.2, 0.25) is 0 Å². The number of rotatable bonds is 5. The Bertz CT molecular complexity index is 1410. The van der Waals surface area contributed by atoms with Crippen molar-refractivity contribution in [3.05, 3.63) is 83.7 Å². The minimum Gasteiger partial charge on any atom is -0.384 e. The summed E-state index contributed by atoms with van der Waals surface area (Å²) in [4.78, 5) is 20.6. The SMILES string of the molecule is Nc1cc(C(=O)N2CC(c3nn(CC4CN(c5ccccc5)C4)c4cc(F)cc(F)c34)C2)ccn1. The van der Waals surface area contributed by atoms with Crippen molar-refractivity contribution in [2.45, 2.75) is 12.5 Å². The van der Waals surface area contributed by atoms with Crippen LogP contribution >= 0.6 is 0 Å². The Labute approximate surface area is 200 Å². The third kappa shape index (κ3) is 3.86. The van der Waals surface area contributed by atoms with E-state index in [9.17, 15) is 13.6 Å². The number of anilines is 2. The van der Waals surface area contributed by atoms with Gasteiger partial charge in [0, 0.05) is 68.1 Å². The molecule has 4 heterocycles. The highest BCUT2D eigenvalue weighted by molar-refractivity contribution is 5.95. The summed E-state index contributed by atoms with van der Waals surface area (Å²) in [5.41, 5.74) is 8.37. The lowest BCUT2D eigenvalue weighted by atomic mass is 9.93. The van der Waals surface area contributed by atoms with Gasteiger partial charge in [-0.25, -0.2) is 13.8 Å². The van der Waals surface area contributed by atoms with Gasteiger partial charge in [-0.2, -0.15) is 5.10 Å². The van der Waals surface area contributed by atoms with E-state index in [1.165, 1.54) is 18.0 Å². The fourth-order valence-electron chi connectivity index (χ4n) is 5.04. The molecule has 2 fully saturated rings. The van der Waals surface area contributed by atoms with Crippen LogP contribution < -0.4 is 10.6 Å². The third-order valence-corrected chi connectivity index (χ3v) is 6.89. The number of hydrogen-bond acceptors (Lipinski definition) is 5. The molecule has 2 N–H and O–H groups in total. The predicted octanol–water partition coefficient (Wildman–Crippen LogP) is 3.67. The number of halogens is 2. The Hall–Kier alpha value is -4.01. The smallest absolute Gasteiger partial charge is 0.254 e. The highest BCUT2D eigenvalue weighted by atomic mass is 19.1. The van der Waals surface area contributed by atoms with Crippen LogP contribution in [0.1, 0.15) is 22.0 Å². The first-order chi connectivity index (χ1) is 17.0. The molecule has 4 aromatic rings. The predicted molar refractivity (Wildman–Crippen MR) is 129 cm³/mol. The molecule has 2 aliphatic rings. The maximum Gasteiger partial charge on any atom is 0.254 e. The Morgan fingerprint density at radius 2 is 1.80 bits per heavy atom. The molecule has 0 saturated carbocycles. The van der Waals surface area contributed by atoms with Gasteiger partial charge in [0.1, 0.15) is 17.5 Å². The number of hydrogen-bond donors (Lipinski definition) is 1. The van der Waals surface area contributed by atoms with Crippen LogP contribution in [-0.4, -0.2) is 51.8 Å². The fourth-order valence-corrected chi connectivity index (χ4v) is 5.04. The Balaban J connectivity index is 1.21. The third-order valence-electron chi connectivity index (χ3n) is 6.89. The van der Waals surface area contributed by atoms with Gasteiger partial charge in [0.2, 0.25) is 0 Å². The van der Waals surface area contributed by atoms with Crippen LogP contribution in [0.5, 0.6) is 0 Å². The van der Waals surface area contributed by atoms with Gasteiger partial charge in [-0.3, -0.25) is 9.48 Å². The van der Waals surface area contributed by atoms with E-state index in [0.29, 0.717) is 47.7 Å². The summed E-state index contributed by atoms with van der Waals surface area (Å²) in [7, 11) is 0. The van der Waals surface area contributed by atoms with Gasteiger partial charge in [-0.1, -0.05) is 18.2 Å². The van der Waals surface area contributed by atoms with Crippen LogP contribution in [0.25, 0.3) is 10.9 Å². The van der Waals surface area contributed by atoms with Gasteiger partial charge in [-0.15, -0.1) is 0 Å². The van der Waals surface area contributed by atoms with E-state index in [0.717, 1.165) is 19.2 Å². The maximum atomic E-state index is 14.9. The molecular weight excluding hydrogens is 450 g/mol. The number of nitrogens with two attached hydrogens (primary N) is 1. The summed E-state index contributed by atoms with van der Waals surface area (Å²) in [5, 5.41) is 5.08. The van der Waals surface area contributed by atoms with Crippen LogP contribution in [0.4, 0.5) is 20.3 Å². The number of nitrogens with zero attached hydrogens (tertiary/aromatic N) is 5. The van der Waals surface area contributed by atoms with E-state index >= 15 is 0 Å². The minimum atomic E-state index is -0.622. The standard InChI is InChI=1S/C26H24F2N6O/c27-19-9-21(28)24-22(10-19)34(13-16-11-32(12-16)20-4-2-1-3-5-20)31-25(24)18-14-33(15-18)26(35)17-6-7-30-23(29)8-17/h1-10,16,18H,11-15H2,(H2,29,30). The second kappa shape index (κ2) is 8.33. The largest absolute Gasteiger partial charge is 0.384 e. The van der Waals surface area contributed by atoms with Crippen molar-refractivity contribution in [1.82, 2.24) is 19.7 Å². The maximum absolute atomic E-state index is 14.9. The molecule has 2 aliphatic heterocycles. The molecule has 0 aliphatic carbocycles. The van der Waals surface area contributed by atoms with Gasteiger partial charge in [-0.05, 0) is 30.3 Å². The summed E-state index contributed by atoms with van der Waals surface area (Å²) < 4.78 is 30.8. The van der Waals surface area contributed by atoms with Crippen LogP contribution in [0.3, 0.4) is 0 Å². The van der Waals surface area contributed by atoms with Crippen LogP contribution in [-0.2, 0) is 6.54 Å². The topological polar surface area (TPSA) is 80.3 Å². The molecule has 2 aromatic heterocycles. The molecule has 35 heavy (non-hydrogen) atoms. The summed E-state index contributed by atoms with van der Waals surface area (Å²) >= 11 is 0. The first-order valence-electron chi connectivity index (χ1n) is 11.6. The number of amides is 1. The molecule has 0 radical (unpaired) electrons. The van der Waals surface area contributed by atoms with Crippen molar-refractivity contribution in [2.24, 2.45) is 5.92 Å². The van der Waals surface area contributed by atoms with E-state index in [4.69, 9.17) is 10.8 Å². The monoisotopic (exact) mass is 474 g/mol. The first kappa shape index (κ1) is 21.5. The lowest BCUT2D eigenvalue weighted by Crippen LogP contribution is -2.49. The second-order valence-corrected chi connectivity index (χ2v) is 9.33. The van der Waals surface area contributed by atoms with Crippen LogP contribution in [0.15, 0.2) is 60.8 Å². The Morgan fingerprint density at radius 1 is 1.03 bits per heavy atom. The van der Waals surface area contributed by atoms with E-state index < -0.39 is 11.6 Å². The fraction of sp³-hybridized carbons (Fsp3) is 0.269. The zero-order valence-corrected chi connectivity index (χ0v) is 18.9.